The van der Waals surface area contributed by atoms with E-state index in [0.717, 1.165) is 11.1 Å². The molecule has 4 rings (SSSR count). The van der Waals surface area contributed by atoms with E-state index >= 15 is 0 Å². The normalized spacial score (nSPS) is 16.3. The van der Waals surface area contributed by atoms with Gasteiger partial charge in [-0.1, -0.05) is 24.3 Å². The summed E-state index contributed by atoms with van der Waals surface area (Å²) in [7, 11) is 0. The van der Waals surface area contributed by atoms with Crippen LogP contribution >= 0.6 is 0 Å². The highest BCUT2D eigenvalue weighted by molar-refractivity contribution is 5.83. The Morgan fingerprint density at radius 1 is 1.30 bits per heavy atom. The number of hydrogen-bond acceptors (Lipinski definition) is 4. The van der Waals surface area contributed by atoms with Gasteiger partial charge >= 0.3 is 5.97 Å². The first-order valence-corrected chi connectivity index (χ1v) is 8.59. The minimum atomic E-state index is -0.967. The average Bonchev–Trinajstić information content (AvgIpc) is 3.12. The van der Waals surface area contributed by atoms with Crippen molar-refractivity contribution in [2.75, 3.05) is 6.54 Å². The van der Waals surface area contributed by atoms with Gasteiger partial charge in [0.2, 0.25) is 5.91 Å². The Hall–Kier alpha value is -3.42. The van der Waals surface area contributed by atoms with Crippen molar-refractivity contribution in [2.24, 2.45) is 0 Å². The number of hydrogen-bond donors (Lipinski definition) is 2. The standard InChI is InChI=1S/C19H18N4O4/c1-11-14(18(25)23-16(21-11)6-7-20-23)8-17(24)22-9-12-4-2-3-5-13(12)15(10-22)19(26)27/h2-7,15,20H,8-10H2,1H3,(H,26,27). The maximum absolute atomic E-state index is 12.9. The number of aryl methyl sites for hydroxylation is 1. The summed E-state index contributed by atoms with van der Waals surface area (Å²) in [6, 6.07) is 8.92. The van der Waals surface area contributed by atoms with E-state index in [2.05, 4.69) is 10.1 Å². The maximum Gasteiger partial charge on any atom is 0.312 e. The fourth-order valence-electron chi connectivity index (χ4n) is 3.58. The minimum Gasteiger partial charge on any atom is -0.481 e. The van der Waals surface area contributed by atoms with Gasteiger partial charge in [0.05, 0.1) is 12.3 Å². The molecule has 0 bridgehead atoms. The molecule has 1 aliphatic rings. The topological polar surface area (TPSA) is 108 Å². The van der Waals surface area contributed by atoms with Crippen molar-refractivity contribution < 1.29 is 14.7 Å². The number of nitrogens with one attached hydrogen (secondary N) is 1. The van der Waals surface area contributed by atoms with Gasteiger partial charge in [0.25, 0.3) is 5.56 Å². The number of carboxylic acid groups (broad SMARTS) is 1. The first-order chi connectivity index (χ1) is 13.0. The second-order valence-corrected chi connectivity index (χ2v) is 6.68. The Balaban J connectivity index is 1.65. The van der Waals surface area contributed by atoms with Gasteiger partial charge in [0.1, 0.15) is 0 Å². The Morgan fingerprint density at radius 2 is 2.07 bits per heavy atom. The first kappa shape index (κ1) is 17.0. The van der Waals surface area contributed by atoms with Crippen LogP contribution in [0.25, 0.3) is 5.65 Å². The van der Waals surface area contributed by atoms with Gasteiger partial charge in [0.15, 0.2) is 5.65 Å². The van der Waals surface area contributed by atoms with Crippen LogP contribution in [0.2, 0.25) is 0 Å². The number of amides is 1. The number of benzene rings is 1. The van der Waals surface area contributed by atoms with Crippen molar-refractivity contribution in [3.8, 4) is 0 Å². The van der Waals surface area contributed by atoms with Crippen molar-refractivity contribution in [1.82, 2.24) is 19.5 Å². The Kier molecular flexibility index (Phi) is 4.02. The summed E-state index contributed by atoms with van der Waals surface area (Å²) in [6.07, 6.45) is 1.49. The summed E-state index contributed by atoms with van der Waals surface area (Å²) < 4.78 is 1.29. The molecule has 0 radical (unpaired) electrons. The van der Waals surface area contributed by atoms with Crippen LogP contribution in [0.5, 0.6) is 0 Å². The van der Waals surface area contributed by atoms with E-state index in [1.165, 1.54) is 9.42 Å². The van der Waals surface area contributed by atoms with E-state index < -0.39 is 11.9 Å². The molecule has 0 aliphatic carbocycles. The van der Waals surface area contributed by atoms with Crippen LogP contribution in [-0.2, 0) is 22.6 Å². The Labute approximate surface area is 154 Å². The zero-order valence-electron chi connectivity index (χ0n) is 14.7. The second kappa shape index (κ2) is 6.39. The molecule has 8 nitrogen and oxygen atoms in total. The Morgan fingerprint density at radius 3 is 2.85 bits per heavy atom. The first-order valence-electron chi connectivity index (χ1n) is 8.59. The Bertz CT molecular complexity index is 1110. The van der Waals surface area contributed by atoms with Crippen LogP contribution < -0.4 is 5.56 Å². The molecule has 3 aromatic rings. The number of carbonyl (C=O) groups excluding carboxylic acids is 1. The van der Waals surface area contributed by atoms with Crippen molar-refractivity contribution in [3.63, 3.8) is 0 Å². The number of aromatic amines is 1. The number of H-pyrrole nitrogens is 1. The molecule has 2 N–H and O–H groups in total. The van der Waals surface area contributed by atoms with Crippen molar-refractivity contribution >= 4 is 17.5 Å². The second-order valence-electron chi connectivity index (χ2n) is 6.68. The van der Waals surface area contributed by atoms with Gasteiger partial charge in [-0.2, -0.15) is 0 Å². The van der Waals surface area contributed by atoms with Gasteiger partial charge in [-0.05, 0) is 18.1 Å². The molecule has 1 aliphatic heterocycles. The summed E-state index contributed by atoms with van der Waals surface area (Å²) in [4.78, 5) is 43.0. The summed E-state index contributed by atoms with van der Waals surface area (Å²) >= 11 is 0. The van der Waals surface area contributed by atoms with Crippen LogP contribution in [0.4, 0.5) is 0 Å². The fraction of sp³-hybridized carbons (Fsp3) is 0.263. The van der Waals surface area contributed by atoms with Crippen molar-refractivity contribution in [2.45, 2.75) is 25.8 Å². The monoisotopic (exact) mass is 366 g/mol. The minimum absolute atomic E-state index is 0.0870. The van der Waals surface area contributed by atoms with Crippen LogP contribution in [-0.4, -0.2) is 43.0 Å². The lowest BCUT2D eigenvalue weighted by Gasteiger charge is -2.33. The number of fused-ring (bicyclic) bond motifs is 2. The van der Waals surface area contributed by atoms with Crippen molar-refractivity contribution in [1.29, 1.82) is 0 Å². The predicted octanol–water partition coefficient (Wildman–Crippen LogP) is 1.08. The third kappa shape index (κ3) is 2.88. The van der Waals surface area contributed by atoms with Gasteiger partial charge in [-0.3, -0.25) is 19.5 Å². The lowest BCUT2D eigenvalue weighted by molar-refractivity contribution is -0.141. The summed E-state index contributed by atoms with van der Waals surface area (Å²) in [5.74, 6) is -2.03. The SMILES string of the molecule is Cc1nc2cc[nH]n2c(=O)c1CC(=O)N1Cc2ccccc2C(C(=O)O)C1. The van der Waals surface area contributed by atoms with Crippen molar-refractivity contribution in [3.05, 3.63) is 69.3 Å². The number of aromatic nitrogens is 3. The summed E-state index contributed by atoms with van der Waals surface area (Å²) in [5.41, 5.74) is 2.54. The molecular formula is C19H18N4O4. The molecule has 0 spiro atoms. The molecule has 3 heterocycles. The molecular weight excluding hydrogens is 348 g/mol. The fourth-order valence-corrected chi connectivity index (χ4v) is 3.58. The lowest BCUT2D eigenvalue weighted by atomic mass is 9.89. The summed E-state index contributed by atoms with van der Waals surface area (Å²) in [5, 5.41) is 12.3. The van der Waals surface area contributed by atoms with Crippen LogP contribution in [0, 0.1) is 6.92 Å². The molecule has 138 valence electrons. The average molecular weight is 366 g/mol. The molecule has 0 saturated heterocycles. The van der Waals surface area contributed by atoms with E-state index in [1.54, 1.807) is 31.3 Å². The number of rotatable bonds is 3. The molecule has 0 saturated carbocycles. The highest BCUT2D eigenvalue weighted by Gasteiger charge is 2.32. The molecule has 2 aromatic heterocycles. The highest BCUT2D eigenvalue weighted by Crippen LogP contribution is 2.28. The number of nitrogens with zero attached hydrogens (tertiary/aromatic N) is 3. The van der Waals surface area contributed by atoms with Crippen LogP contribution in [0.15, 0.2) is 41.3 Å². The highest BCUT2D eigenvalue weighted by atomic mass is 16.4. The molecule has 1 unspecified atom stereocenters. The third-order valence-corrected chi connectivity index (χ3v) is 5.02. The molecule has 1 aromatic carbocycles. The molecule has 1 atom stereocenters. The zero-order valence-corrected chi connectivity index (χ0v) is 14.7. The summed E-state index contributed by atoms with van der Waals surface area (Å²) in [6.45, 7) is 2.11. The predicted molar refractivity (Wildman–Crippen MR) is 96.5 cm³/mol. The van der Waals surface area contributed by atoms with Crippen LogP contribution in [0.3, 0.4) is 0 Å². The largest absolute Gasteiger partial charge is 0.481 e. The molecule has 1 amide bonds. The van der Waals surface area contributed by atoms with E-state index in [-0.39, 0.29) is 24.4 Å². The van der Waals surface area contributed by atoms with Gasteiger partial charge < -0.3 is 10.0 Å². The third-order valence-electron chi connectivity index (χ3n) is 5.02. The van der Waals surface area contributed by atoms with Crippen LogP contribution in [0.1, 0.15) is 28.3 Å². The quantitative estimate of drug-likeness (QED) is 0.721. The number of carboxylic acids is 1. The maximum atomic E-state index is 12.9. The van der Waals surface area contributed by atoms with E-state index in [4.69, 9.17) is 0 Å². The zero-order chi connectivity index (χ0) is 19.1. The number of aliphatic carboxylic acids is 1. The van der Waals surface area contributed by atoms with Gasteiger partial charge in [0, 0.05) is 36.6 Å². The van der Waals surface area contributed by atoms with Gasteiger partial charge in [-0.25, -0.2) is 9.50 Å². The van der Waals surface area contributed by atoms with E-state index in [9.17, 15) is 19.5 Å². The molecule has 0 fully saturated rings. The molecule has 8 heteroatoms. The van der Waals surface area contributed by atoms with E-state index in [1.807, 2.05) is 12.1 Å². The van der Waals surface area contributed by atoms with Gasteiger partial charge in [-0.15, -0.1) is 0 Å². The van der Waals surface area contributed by atoms with E-state index in [0.29, 0.717) is 23.4 Å². The smallest absolute Gasteiger partial charge is 0.312 e. The number of carbonyl (C=O) groups is 2. The lowest BCUT2D eigenvalue weighted by Crippen LogP contribution is -2.42. The molecule has 27 heavy (non-hydrogen) atoms.